The highest BCUT2D eigenvalue weighted by Gasteiger charge is 2.16. The largest absolute Gasteiger partial charge is 0.492 e. The van der Waals surface area contributed by atoms with Gasteiger partial charge in [-0.15, -0.1) is 0 Å². The first-order valence-electron chi connectivity index (χ1n) is 7.83. The van der Waals surface area contributed by atoms with Gasteiger partial charge in [0.2, 0.25) is 10.0 Å². The van der Waals surface area contributed by atoms with Crippen molar-refractivity contribution in [3.8, 4) is 5.75 Å². The summed E-state index contributed by atoms with van der Waals surface area (Å²) >= 11 is 0. The lowest BCUT2D eigenvalue weighted by Crippen LogP contribution is -2.23. The molecule has 26 heavy (non-hydrogen) atoms. The molecule has 1 aromatic carbocycles. The number of nitrogens with zero attached hydrogens (tertiary/aromatic N) is 5. The van der Waals surface area contributed by atoms with Crippen molar-refractivity contribution in [2.45, 2.75) is 11.4 Å². The zero-order valence-corrected chi connectivity index (χ0v) is 15.5. The lowest BCUT2D eigenvalue weighted by molar-refractivity contribution is 0.296. The van der Waals surface area contributed by atoms with Crippen LogP contribution in [0.4, 0.5) is 0 Å². The van der Waals surface area contributed by atoms with E-state index in [0.29, 0.717) is 23.3 Å². The highest BCUT2D eigenvalue weighted by molar-refractivity contribution is 7.89. The third-order valence-corrected chi connectivity index (χ3v) is 5.75. The van der Waals surface area contributed by atoms with Gasteiger partial charge in [0, 0.05) is 21.1 Å². The number of hydrogen-bond donors (Lipinski definition) is 0. The highest BCUT2D eigenvalue weighted by Crippen LogP contribution is 2.18. The van der Waals surface area contributed by atoms with Crippen LogP contribution in [0.5, 0.6) is 5.75 Å². The Bertz CT molecular complexity index is 1080. The molecule has 2 aromatic heterocycles. The molecular formula is C16H19N5O4S. The van der Waals surface area contributed by atoms with Crippen LogP contribution >= 0.6 is 0 Å². The van der Waals surface area contributed by atoms with Crippen molar-refractivity contribution in [2.75, 3.05) is 20.7 Å². The summed E-state index contributed by atoms with van der Waals surface area (Å²) in [5, 5.41) is 4.48. The van der Waals surface area contributed by atoms with Crippen molar-refractivity contribution in [3.05, 3.63) is 47.1 Å². The molecular weight excluding hydrogens is 358 g/mol. The van der Waals surface area contributed by atoms with Gasteiger partial charge in [0.1, 0.15) is 24.1 Å². The van der Waals surface area contributed by atoms with Gasteiger partial charge in [0.05, 0.1) is 17.6 Å². The third-order valence-electron chi connectivity index (χ3n) is 3.92. The van der Waals surface area contributed by atoms with Crippen molar-refractivity contribution in [2.24, 2.45) is 7.05 Å². The van der Waals surface area contributed by atoms with E-state index >= 15 is 0 Å². The van der Waals surface area contributed by atoms with Gasteiger partial charge in [-0.05, 0) is 24.3 Å². The van der Waals surface area contributed by atoms with Crippen LogP contribution in [0.2, 0.25) is 0 Å². The maximum atomic E-state index is 12.3. The Kier molecular flexibility index (Phi) is 4.79. The number of fused-ring (bicyclic) bond motifs is 1. The fraction of sp³-hybridized carbons (Fsp3) is 0.312. The van der Waals surface area contributed by atoms with Gasteiger partial charge < -0.3 is 4.74 Å². The van der Waals surface area contributed by atoms with Gasteiger partial charge in [-0.1, -0.05) is 0 Å². The Morgan fingerprint density at radius 2 is 1.88 bits per heavy atom. The molecule has 2 heterocycles. The molecule has 0 fully saturated rings. The number of benzene rings is 1. The predicted molar refractivity (Wildman–Crippen MR) is 95.6 cm³/mol. The molecule has 3 aromatic rings. The summed E-state index contributed by atoms with van der Waals surface area (Å²) < 4.78 is 33.8. The summed E-state index contributed by atoms with van der Waals surface area (Å²) in [6.07, 6.45) is 2.95. The van der Waals surface area contributed by atoms with Gasteiger partial charge in [-0.25, -0.2) is 17.7 Å². The standard InChI is InChI=1S/C16H19N5O4S/c1-19(2)26(23,24)13-6-4-12(5-7-13)25-9-8-21-11-17-15-14(16(21)22)10-18-20(15)3/h4-7,10-11H,8-9H2,1-3H3. The third kappa shape index (κ3) is 3.33. The quantitative estimate of drug-likeness (QED) is 0.619. The van der Waals surface area contributed by atoms with Crippen LogP contribution in [0.15, 0.2) is 46.5 Å². The van der Waals surface area contributed by atoms with Crippen LogP contribution < -0.4 is 10.3 Å². The summed E-state index contributed by atoms with van der Waals surface area (Å²) in [6, 6.07) is 6.14. The second-order valence-electron chi connectivity index (χ2n) is 5.86. The monoisotopic (exact) mass is 377 g/mol. The van der Waals surface area contributed by atoms with Crippen LogP contribution in [0.25, 0.3) is 11.0 Å². The minimum Gasteiger partial charge on any atom is -0.492 e. The van der Waals surface area contributed by atoms with E-state index in [2.05, 4.69) is 10.1 Å². The SMILES string of the molecule is CN(C)S(=O)(=O)c1ccc(OCCn2cnc3c(cnn3C)c2=O)cc1. The average molecular weight is 377 g/mol. The van der Waals surface area contributed by atoms with E-state index in [4.69, 9.17) is 4.74 Å². The second kappa shape index (κ2) is 6.89. The smallest absolute Gasteiger partial charge is 0.264 e. The zero-order chi connectivity index (χ0) is 18.9. The Morgan fingerprint density at radius 1 is 1.19 bits per heavy atom. The minimum atomic E-state index is -3.47. The molecule has 3 rings (SSSR count). The van der Waals surface area contributed by atoms with Crippen molar-refractivity contribution in [3.63, 3.8) is 0 Å². The molecule has 9 nitrogen and oxygen atoms in total. The van der Waals surface area contributed by atoms with Crippen LogP contribution in [0.1, 0.15) is 0 Å². The number of aromatic nitrogens is 4. The number of rotatable bonds is 6. The second-order valence-corrected chi connectivity index (χ2v) is 8.01. The molecule has 10 heteroatoms. The van der Waals surface area contributed by atoms with E-state index in [0.717, 1.165) is 4.31 Å². The first-order chi connectivity index (χ1) is 12.3. The van der Waals surface area contributed by atoms with E-state index < -0.39 is 10.0 Å². The van der Waals surface area contributed by atoms with E-state index in [1.54, 1.807) is 23.9 Å². The lowest BCUT2D eigenvalue weighted by atomic mass is 10.3. The zero-order valence-electron chi connectivity index (χ0n) is 14.7. The maximum absolute atomic E-state index is 12.3. The Labute approximate surface area is 150 Å². The van der Waals surface area contributed by atoms with E-state index in [1.807, 2.05) is 0 Å². The van der Waals surface area contributed by atoms with Gasteiger partial charge in [0.15, 0.2) is 5.65 Å². The van der Waals surface area contributed by atoms with Crippen LogP contribution in [-0.4, -0.2) is 52.8 Å². The highest BCUT2D eigenvalue weighted by atomic mass is 32.2. The van der Waals surface area contributed by atoms with Gasteiger partial charge in [0.25, 0.3) is 5.56 Å². The van der Waals surface area contributed by atoms with Crippen molar-refractivity contribution in [1.82, 2.24) is 23.6 Å². The van der Waals surface area contributed by atoms with Crippen molar-refractivity contribution in [1.29, 1.82) is 0 Å². The van der Waals surface area contributed by atoms with Crippen LogP contribution in [0.3, 0.4) is 0 Å². The van der Waals surface area contributed by atoms with E-state index in [9.17, 15) is 13.2 Å². The van der Waals surface area contributed by atoms with E-state index in [-0.39, 0.29) is 17.1 Å². The lowest BCUT2D eigenvalue weighted by Gasteiger charge is -2.12. The first kappa shape index (κ1) is 18.1. The summed E-state index contributed by atoms with van der Waals surface area (Å²) in [4.78, 5) is 16.8. The summed E-state index contributed by atoms with van der Waals surface area (Å²) in [7, 11) is 1.21. The van der Waals surface area contributed by atoms with E-state index in [1.165, 1.54) is 43.3 Å². The number of ether oxygens (including phenoxy) is 1. The molecule has 0 saturated heterocycles. The molecule has 0 bridgehead atoms. The normalized spacial score (nSPS) is 12.0. The molecule has 0 saturated carbocycles. The van der Waals surface area contributed by atoms with Crippen LogP contribution in [-0.2, 0) is 23.6 Å². The Balaban J connectivity index is 1.67. The van der Waals surface area contributed by atoms with Gasteiger partial charge in [-0.2, -0.15) is 5.10 Å². The minimum absolute atomic E-state index is 0.181. The molecule has 138 valence electrons. The first-order valence-corrected chi connectivity index (χ1v) is 9.27. The molecule has 0 unspecified atom stereocenters. The van der Waals surface area contributed by atoms with Crippen molar-refractivity contribution >= 4 is 21.1 Å². The van der Waals surface area contributed by atoms with Gasteiger partial charge in [-0.3, -0.25) is 14.0 Å². The molecule has 0 spiro atoms. The predicted octanol–water partition coefficient (Wildman–Crippen LogP) is 0.459. The molecule has 0 aliphatic rings. The molecule has 0 amide bonds. The topological polar surface area (TPSA) is 99.3 Å². The number of aryl methyl sites for hydroxylation is 1. The summed E-state index contributed by atoms with van der Waals surface area (Å²) in [6.45, 7) is 0.557. The molecule has 0 atom stereocenters. The Hall–Kier alpha value is -2.72. The maximum Gasteiger partial charge on any atom is 0.264 e. The summed E-state index contributed by atoms with van der Waals surface area (Å²) in [5.41, 5.74) is 0.351. The number of hydrogen-bond acceptors (Lipinski definition) is 6. The molecule has 0 N–H and O–H groups in total. The molecule has 0 radical (unpaired) electrons. The average Bonchev–Trinajstić information content (AvgIpc) is 2.99. The fourth-order valence-electron chi connectivity index (χ4n) is 2.41. The Morgan fingerprint density at radius 3 is 2.54 bits per heavy atom. The number of sulfonamides is 1. The molecule has 0 aliphatic carbocycles. The summed E-state index contributed by atoms with van der Waals surface area (Å²) in [5.74, 6) is 0.520. The van der Waals surface area contributed by atoms with Crippen LogP contribution in [0, 0.1) is 0 Å². The van der Waals surface area contributed by atoms with Gasteiger partial charge >= 0.3 is 0 Å². The molecule has 0 aliphatic heterocycles. The van der Waals surface area contributed by atoms with Crippen molar-refractivity contribution < 1.29 is 13.2 Å². The fourth-order valence-corrected chi connectivity index (χ4v) is 3.31.